The number of carbonyl (C=O) groups is 1. The Balaban J connectivity index is 1.58. The Kier molecular flexibility index (Phi) is 4.67. The van der Waals surface area contributed by atoms with Gasteiger partial charge in [-0.3, -0.25) is 4.79 Å². The summed E-state index contributed by atoms with van der Waals surface area (Å²) in [6, 6.07) is 9.90. The number of carbonyl (C=O) groups excluding carboxylic acids is 1. The summed E-state index contributed by atoms with van der Waals surface area (Å²) in [4.78, 5) is 17.7. The Bertz CT molecular complexity index is 858. The molecule has 9 heteroatoms. The summed E-state index contributed by atoms with van der Waals surface area (Å²) in [5.74, 6) is -0.591. The highest BCUT2D eigenvalue weighted by Crippen LogP contribution is 2.25. The minimum absolute atomic E-state index is 0.0924. The summed E-state index contributed by atoms with van der Waals surface area (Å²) < 4.78 is 46.2. The molecule has 26 heavy (non-hydrogen) atoms. The quantitative estimate of drug-likeness (QED) is 0.835. The highest BCUT2D eigenvalue weighted by Gasteiger charge is 2.34. The average Bonchev–Trinajstić information content (AvgIpc) is 2.56. The number of likely N-dealkylation sites (tertiary alicyclic amines) is 1. The molecule has 3 rings (SSSR count). The average molecular weight is 363 g/mol. The van der Waals surface area contributed by atoms with Crippen LogP contribution >= 0.6 is 0 Å². The van der Waals surface area contributed by atoms with E-state index in [9.17, 15) is 18.0 Å². The molecule has 0 atom stereocenters. The third-order valence-electron chi connectivity index (χ3n) is 3.60. The molecule has 0 spiro atoms. The molecular formula is C17H12F3N3O3. The number of hydrogen-bond donors (Lipinski definition) is 0. The third kappa shape index (κ3) is 4.22. The molecule has 1 aliphatic heterocycles. The number of alkyl halides is 3. The summed E-state index contributed by atoms with van der Waals surface area (Å²) in [6.07, 6.45) is -3.67. The van der Waals surface area contributed by atoms with Crippen LogP contribution in [-0.2, 0) is 0 Å². The number of halogens is 3. The van der Waals surface area contributed by atoms with Crippen LogP contribution < -0.4 is 9.47 Å². The zero-order valence-electron chi connectivity index (χ0n) is 13.2. The molecule has 1 fully saturated rings. The van der Waals surface area contributed by atoms with Crippen LogP contribution in [0.4, 0.5) is 13.2 Å². The lowest BCUT2D eigenvalue weighted by Gasteiger charge is -2.38. The second-order valence-electron chi connectivity index (χ2n) is 5.52. The number of nitrogens with zero attached hydrogens (tertiary/aromatic N) is 3. The van der Waals surface area contributed by atoms with Gasteiger partial charge in [0.05, 0.1) is 24.7 Å². The van der Waals surface area contributed by atoms with E-state index in [4.69, 9.17) is 10.00 Å². The van der Waals surface area contributed by atoms with E-state index in [1.807, 2.05) is 6.07 Å². The van der Waals surface area contributed by atoms with Crippen LogP contribution in [-0.4, -0.2) is 41.3 Å². The molecule has 1 aromatic carbocycles. The molecule has 1 aromatic heterocycles. The van der Waals surface area contributed by atoms with E-state index in [0.717, 1.165) is 12.1 Å². The van der Waals surface area contributed by atoms with Crippen LogP contribution in [0.15, 0.2) is 42.6 Å². The molecule has 0 radical (unpaired) electrons. The number of rotatable bonds is 4. The van der Waals surface area contributed by atoms with E-state index in [1.165, 1.54) is 29.3 Å². The van der Waals surface area contributed by atoms with E-state index < -0.39 is 18.0 Å². The lowest BCUT2D eigenvalue weighted by molar-refractivity contribution is -0.274. The number of amides is 1. The van der Waals surface area contributed by atoms with Gasteiger partial charge in [-0.05, 0) is 24.3 Å². The summed E-state index contributed by atoms with van der Waals surface area (Å²) in [5, 5.41) is 8.83. The van der Waals surface area contributed by atoms with E-state index in [2.05, 4.69) is 9.72 Å². The lowest BCUT2D eigenvalue weighted by atomic mass is 10.1. The summed E-state index contributed by atoms with van der Waals surface area (Å²) in [7, 11) is 0. The second kappa shape index (κ2) is 6.92. The number of pyridine rings is 1. The maximum atomic E-state index is 12.3. The summed E-state index contributed by atoms with van der Waals surface area (Å²) in [6.45, 7) is 0.531. The molecule has 0 aliphatic carbocycles. The van der Waals surface area contributed by atoms with Crippen molar-refractivity contribution in [1.29, 1.82) is 5.26 Å². The van der Waals surface area contributed by atoms with Gasteiger partial charge in [0.15, 0.2) is 0 Å². The van der Waals surface area contributed by atoms with Crippen molar-refractivity contribution in [3.05, 3.63) is 53.7 Å². The Morgan fingerprint density at radius 1 is 1.27 bits per heavy atom. The first kappa shape index (κ1) is 17.5. The van der Waals surface area contributed by atoms with Crippen LogP contribution in [0.25, 0.3) is 0 Å². The van der Waals surface area contributed by atoms with Crippen molar-refractivity contribution in [1.82, 2.24) is 9.88 Å². The molecule has 0 saturated carbocycles. The highest BCUT2D eigenvalue weighted by atomic mass is 19.4. The fraction of sp³-hybridized carbons (Fsp3) is 0.235. The maximum absolute atomic E-state index is 12.3. The van der Waals surface area contributed by atoms with Crippen molar-refractivity contribution >= 4 is 5.91 Å². The third-order valence-corrected chi connectivity index (χ3v) is 3.60. The van der Waals surface area contributed by atoms with Crippen LogP contribution in [0, 0.1) is 11.3 Å². The molecule has 0 bridgehead atoms. The molecule has 134 valence electrons. The van der Waals surface area contributed by atoms with Crippen molar-refractivity contribution in [2.75, 3.05) is 13.1 Å². The Labute approximate surface area is 146 Å². The van der Waals surface area contributed by atoms with Crippen LogP contribution in [0.2, 0.25) is 0 Å². The van der Waals surface area contributed by atoms with Crippen molar-refractivity contribution in [3.63, 3.8) is 0 Å². The van der Waals surface area contributed by atoms with Gasteiger partial charge >= 0.3 is 6.36 Å². The number of hydrogen-bond acceptors (Lipinski definition) is 5. The Morgan fingerprint density at radius 3 is 2.73 bits per heavy atom. The normalized spacial score (nSPS) is 14.3. The first-order chi connectivity index (χ1) is 12.3. The van der Waals surface area contributed by atoms with Crippen LogP contribution in [0.5, 0.6) is 11.6 Å². The summed E-state index contributed by atoms with van der Waals surface area (Å²) in [5.41, 5.74) is 0.499. The smallest absolute Gasteiger partial charge is 0.471 e. The molecule has 1 amide bonds. The fourth-order valence-electron chi connectivity index (χ4n) is 2.40. The monoisotopic (exact) mass is 363 g/mol. The van der Waals surface area contributed by atoms with Gasteiger partial charge in [-0.1, -0.05) is 6.07 Å². The SMILES string of the molecule is N#Cc1ccnc(OC2CN(C(=O)c3cccc(OC(F)(F)F)c3)C2)c1. The number of ether oxygens (including phenoxy) is 2. The Morgan fingerprint density at radius 2 is 2.04 bits per heavy atom. The first-order valence-electron chi connectivity index (χ1n) is 7.52. The first-order valence-corrected chi connectivity index (χ1v) is 7.52. The Hall–Kier alpha value is -3.28. The van der Waals surface area contributed by atoms with Crippen molar-refractivity contribution in [2.24, 2.45) is 0 Å². The van der Waals surface area contributed by atoms with E-state index >= 15 is 0 Å². The minimum atomic E-state index is -4.82. The predicted molar refractivity (Wildman–Crippen MR) is 82.4 cm³/mol. The van der Waals surface area contributed by atoms with Crippen molar-refractivity contribution in [2.45, 2.75) is 12.5 Å². The van der Waals surface area contributed by atoms with Gasteiger partial charge in [-0.2, -0.15) is 5.26 Å². The minimum Gasteiger partial charge on any atom is -0.471 e. The van der Waals surface area contributed by atoms with Crippen molar-refractivity contribution < 1.29 is 27.4 Å². The van der Waals surface area contributed by atoms with Gasteiger partial charge in [0.2, 0.25) is 5.88 Å². The van der Waals surface area contributed by atoms with Crippen LogP contribution in [0.3, 0.4) is 0 Å². The topological polar surface area (TPSA) is 75.5 Å². The van der Waals surface area contributed by atoms with Gasteiger partial charge < -0.3 is 14.4 Å². The second-order valence-corrected chi connectivity index (χ2v) is 5.52. The van der Waals surface area contributed by atoms with Gasteiger partial charge in [0.1, 0.15) is 11.9 Å². The number of nitriles is 1. The predicted octanol–water partition coefficient (Wildman–Crippen LogP) is 2.76. The van der Waals surface area contributed by atoms with Crippen molar-refractivity contribution in [3.8, 4) is 17.7 Å². The van der Waals surface area contributed by atoms with Gasteiger partial charge in [-0.15, -0.1) is 13.2 Å². The number of aromatic nitrogens is 1. The molecule has 2 heterocycles. The van der Waals surface area contributed by atoms with E-state index in [-0.39, 0.29) is 30.6 Å². The highest BCUT2D eigenvalue weighted by molar-refractivity contribution is 5.95. The zero-order chi connectivity index (χ0) is 18.7. The molecule has 1 saturated heterocycles. The molecule has 2 aromatic rings. The van der Waals surface area contributed by atoms with Gasteiger partial charge in [0.25, 0.3) is 5.91 Å². The molecule has 0 unspecified atom stereocenters. The van der Waals surface area contributed by atoms with E-state index in [0.29, 0.717) is 5.56 Å². The maximum Gasteiger partial charge on any atom is 0.573 e. The molecule has 1 aliphatic rings. The fourth-order valence-corrected chi connectivity index (χ4v) is 2.40. The van der Waals surface area contributed by atoms with Crippen LogP contribution in [0.1, 0.15) is 15.9 Å². The van der Waals surface area contributed by atoms with Gasteiger partial charge in [-0.25, -0.2) is 4.98 Å². The van der Waals surface area contributed by atoms with Gasteiger partial charge in [0, 0.05) is 17.8 Å². The number of benzene rings is 1. The van der Waals surface area contributed by atoms with E-state index in [1.54, 1.807) is 6.07 Å². The molecule has 0 N–H and O–H groups in total. The molecule has 6 nitrogen and oxygen atoms in total. The zero-order valence-corrected chi connectivity index (χ0v) is 13.2. The standard InChI is InChI=1S/C17H12F3N3O3/c18-17(19,20)26-13-3-1-2-12(7-13)16(24)23-9-14(10-23)25-15-6-11(8-21)4-5-22-15/h1-7,14H,9-10H2. The largest absolute Gasteiger partial charge is 0.573 e. The molecular weight excluding hydrogens is 351 g/mol. The lowest BCUT2D eigenvalue weighted by Crippen LogP contribution is -2.56. The summed E-state index contributed by atoms with van der Waals surface area (Å²) >= 11 is 0.